The van der Waals surface area contributed by atoms with E-state index in [1.807, 2.05) is 34.4 Å². The van der Waals surface area contributed by atoms with Gasteiger partial charge in [-0.15, -0.1) is 34.4 Å². The molecule has 1 atom stereocenters. The van der Waals surface area contributed by atoms with Crippen LogP contribution in [0.5, 0.6) is 0 Å². The van der Waals surface area contributed by atoms with Gasteiger partial charge in [0.2, 0.25) is 5.79 Å². The molecule has 0 aliphatic carbocycles. The van der Waals surface area contributed by atoms with E-state index < -0.39 is 5.79 Å². The minimum atomic E-state index is -0.608. The van der Waals surface area contributed by atoms with E-state index in [1.54, 1.807) is 0 Å². The third-order valence-corrected chi connectivity index (χ3v) is 13.6. The number of ether oxygens (including phenoxy) is 2. The van der Waals surface area contributed by atoms with E-state index in [0.29, 0.717) is 4.16 Å². The molecule has 2 aliphatic rings. The van der Waals surface area contributed by atoms with Gasteiger partial charge < -0.3 is 9.47 Å². The Morgan fingerprint density at radius 1 is 0.800 bits per heavy atom. The van der Waals surface area contributed by atoms with Gasteiger partial charge in [-0.2, -0.15) is 0 Å². The van der Waals surface area contributed by atoms with Crippen LogP contribution in [0.4, 0.5) is 0 Å². The standard InChI is InChI=1S/C33H46Br2O2S3/c1-4-5-6-7-8-9-10-11-12-13-14-15-16-17-33(36-21-32(2,3)22-37-33)26-18-23-24-19-27(34)39-30(24)31-25(29(23)38-26)20-28(35)40-31/h18-19,28H,4-17,20-22H2,1-3H3. The van der Waals surface area contributed by atoms with Gasteiger partial charge in [-0.05, 0) is 46.5 Å². The largest absolute Gasteiger partial charge is 0.345 e. The summed E-state index contributed by atoms with van der Waals surface area (Å²) in [6, 6.07) is 4.72. The zero-order valence-corrected chi connectivity index (χ0v) is 30.2. The molecule has 222 valence electrons. The van der Waals surface area contributed by atoms with E-state index in [0.717, 1.165) is 32.5 Å². The van der Waals surface area contributed by atoms with E-state index in [-0.39, 0.29) is 5.41 Å². The molecule has 1 unspecified atom stereocenters. The number of hydrogen-bond acceptors (Lipinski definition) is 5. The fourth-order valence-electron chi connectivity index (χ4n) is 6.11. The first-order valence-electron chi connectivity index (χ1n) is 15.6. The Labute approximate surface area is 271 Å². The highest BCUT2D eigenvalue weighted by Crippen LogP contribution is 2.54. The fourth-order valence-corrected chi connectivity index (χ4v) is 11.3. The van der Waals surface area contributed by atoms with Crippen molar-refractivity contribution in [1.29, 1.82) is 0 Å². The van der Waals surface area contributed by atoms with Gasteiger partial charge in [-0.25, -0.2) is 0 Å². The normalized spacial score (nSPS) is 20.1. The van der Waals surface area contributed by atoms with Crippen LogP contribution in [0.25, 0.3) is 20.2 Å². The molecule has 0 spiro atoms. The van der Waals surface area contributed by atoms with E-state index in [1.165, 1.54) is 116 Å². The van der Waals surface area contributed by atoms with Gasteiger partial charge in [-0.1, -0.05) is 114 Å². The second kappa shape index (κ2) is 14.4. The summed E-state index contributed by atoms with van der Waals surface area (Å²) in [6.45, 7) is 8.29. The highest BCUT2D eigenvalue weighted by molar-refractivity contribution is 9.11. The molecule has 2 nitrogen and oxygen atoms in total. The van der Waals surface area contributed by atoms with Crippen molar-refractivity contribution in [3.05, 3.63) is 26.4 Å². The Morgan fingerprint density at radius 2 is 1.38 bits per heavy atom. The van der Waals surface area contributed by atoms with Crippen LogP contribution in [0.15, 0.2) is 20.8 Å². The van der Waals surface area contributed by atoms with Crippen LogP contribution in [-0.2, 0) is 21.7 Å². The van der Waals surface area contributed by atoms with E-state index in [2.05, 4.69) is 64.8 Å². The first kappa shape index (κ1) is 31.8. The highest BCUT2D eigenvalue weighted by Gasteiger charge is 2.43. The maximum atomic E-state index is 6.73. The SMILES string of the molecule is CCCCCCCCCCCCCCCC1(c2cc3c(s2)c2c(c4sc(Br)cc43)SC(Br)C2)OCC(C)(C)CO1. The number of benzene rings is 1. The van der Waals surface area contributed by atoms with Crippen molar-refractivity contribution in [2.75, 3.05) is 13.2 Å². The molecule has 1 aromatic carbocycles. The van der Waals surface area contributed by atoms with Crippen molar-refractivity contribution in [2.45, 2.75) is 132 Å². The van der Waals surface area contributed by atoms with E-state index in [4.69, 9.17) is 9.47 Å². The first-order valence-corrected chi connectivity index (χ1v) is 19.8. The summed E-state index contributed by atoms with van der Waals surface area (Å²) >= 11 is 13.4. The summed E-state index contributed by atoms with van der Waals surface area (Å²) in [6.07, 6.45) is 19.8. The Bertz CT molecular complexity index is 1250. The highest BCUT2D eigenvalue weighted by atomic mass is 79.9. The van der Waals surface area contributed by atoms with E-state index >= 15 is 0 Å². The van der Waals surface area contributed by atoms with Crippen LogP contribution >= 0.6 is 66.3 Å². The molecule has 0 N–H and O–H groups in total. The van der Waals surface area contributed by atoms with E-state index in [9.17, 15) is 0 Å². The van der Waals surface area contributed by atoms with Gasteiger partial charge in [0.1, 0.15) is 0 Å². The van der Waals surface area contributed by atoms with Crippen molar-refractivity contribution in [1.82, 2.24) is 0 Å². The predicted octanol–water partition coefficient (Wildman–Crippen LogP) is 13.0. The lowest BCUT2D eigenvalue weighted by Crippen LogP contribution is -2.45. The lowest BCUT2D eigenvalue weighted by molar-refractivity contribution is -0.309. The molecule has 0 amide bonds. The molecule has 0 radical (unpaired) electrons. The van der Waals surface area contributed by atoms with Crippen LogP contribution in [0.2, 0.25) is 0 Å². The van der Waals surface area contributed by atoms with Gasteiger partial charge >= 0.3 is 0 Å². The summed E-state index contributed by atoms with van der Waals surface area (Å²) < 4.78 is 18.0. The molecule has 2 aromatic heterocycles. The van der Waals surface area contributed by atoms with Crippen molar-refractivity contribution in [3.8, 4) is 0 Å². The number of halogens is 2. The Kier molecular flexibility index (Phi) is 11.5. The number of thiophene rings is 2. The summed E-state index contributed by atoms with van der Waals surface area (Å²) in [5.41, 5.74) is 1.56. The molecule has 1 fully saturated rings. The third kappa shape index (κ3) is 7.53. The number of thioether (sulfide) groups is 1. The van der Waals surface area contributed by atoms with Gasteiger partial charge in [0, 0.05) is 32.2 Å². The molecule has 4 heterocycles. The second-order valence-electron chi connectivity index (χ2n) is 12.7. The number of unbranched alkanes of at least 4 members (excludes halogenated alkanes) is 12. The van der Waals surface area contributed by atoms with Gasteiger partial charge in [0.25, 0.3) is 0 Å². The Hall–Kier alpha value is 0.370. The van der Waals surface area contributed by atoms with Gasteiger partial charge in [0.05, 0.1) is 30.7 Å². The van der Waals surface area contributed by atoms with Crippen molar-refractivity contribution >= 4 is 86.5 Å². The minimum absolute atomic E-state index is 0.0583. The molecule has 40 heavy (non-hydrogen) atoms. The monoisotopic (exact) mass is 728 g/mol. The predicted molar refractivity (Wildman–Crippen MR) is 185 cm³/mol. The zero-order valence-electron chi connectivity index (χ0n) is 24.6. The van der Waals surface area contributed by atoms with Crippen LogP contribution in [-0.4, -0.2) is 17.4 Å². The zero-order chi connectivity index (χ0) is 28.2. The fraction of sp³-hybridized carbons (Fsp3) is 0.697. The third-order valence-electron chi connectivity index (χ3n) is 8.47. The summed E-state index contributed by atoms with van der Waals surface area (Å²) in [4.78, 5) is 2.72. The number of hydrogen-bond donors (Lipinski definition) is 0. The number of alkyl halides is 1. The maximum Gasteiger partial charge on any atom is 0.204 e. The smallest absolute Gasteiger partial charge is 0.204 e. The van der Waals surface area contributed by atoms with Crippen LogP contribution in [0.1, 0.15) is 121 Å². The van der Waals surface area contributed by atoms with Gasteiger partial charge in [0.15, 0.2) is 0 Å². The second-order valence-corrected chi connectivity index (χ2v) is 19.1. The average Bonchev–Trinajstić information content (AvgIpc) is 3.64. The summed E-state index contributed by atoms with van der Waals surface area (Å²) in [7, 11) is 0. The molecule has 0 bridgehead atoms. The molecule has 1 saturated heterocycles. The van der Waals surface area contributed by atoms with Crippen LogP contribution < -0.4 is 0 Å². The van der Waals surface area contributed by atoms with Crippen molar-refractivity contribution in [2.24, 2.45) is 5.41 Å². The van der Waals surface area contributed by atoms with Crippen LogP contribution in [0, 0.1) is 5.41 Å². The minimum Gasteiger partial charge on any atom is -0.345 e. The quantitative estimate of drug-likeness (QED) is 0.115. The number of fused-ring (bicyclic) bond motifs is 6. The molecular weight excluding hydrogens is 684 g/mol. The number of rotatable bonds is 15. The average molecular weight is 731 g/mol. The summed E-state index contributed by atoms with van der Waals surface area (Å²) in [5, 5.41) is 2.74. The maximum absolute atomic E-state index is 6.73. The van der Waals surface area contributed by atoms with Crippen LogP contribution in [0.3, 0.4) is 0 Å². The Balaban J connectivity index is 1.22. The Morgan fingerprint density at radius 3 is 2.00 bits per heavy atom. The lowest BCUT2D eigenvalue weighted by Gasteiger charge is -2.43. The summed E-state index contributed by atoms with van der Waals surface area (Å²) in [5.74, 6) is -0.608. The van der Waals surface area contributed by atoms with Gasteiger partial charge in [-0.3, -0.25) is 0 Å². The first-order chi connectivity index (χ1) is 19.3. The molecule has 7 heteroatoms. The van der Waals surface area contributed by atoms with Crippen molar-refractivity contribution < 1.29 is 9.47 Å². The molecule has 0 saturated carbocycles. The lowest BCUT2D eigenvalue weighted by atomic mass is 9.93. The molecule has 3 aromatic rings. The van der Waals surface area contributed by atoms with Crippen molar-refractivity contribution in [3.63, 3.8) is 0 Å². The topological polar surface area (TPSA) is 18.5 Å². The molecule has 2 aliphatic heterocycles. The molecule has 5 rings (SSSR count). The molecular formula is C33H46Br2O2S3.